The minimum Gasteiger partial charge on any atom is -0.313 e. The lowest BCUT2D eigenvalue weighted by molar-refractivity contribution is 0.257. The van der Waals surface area contributed by atoms with Crippen LogP contribution < -0.4 is 5.32 Å². The highest BCUT2D eigenvalue weighted by molar-refractivity contribution is 5.14. The van der Waals surface area contributed by atoms with Crippen molar-refractivity contribution in [3.05, 3.63) is 35.9 Å². The lowest BCUT2D eigenvalue weighted by atomic mass is 10.2. The van der Waals surface area contributed by atoms with Crippen molar-refractivity contribution in [1.82, 2.24) is 10.2 Å². The van der Waals surface area contributed by atoms with Crippen molar-refractivity contribution in [3.8, 4) is 0 Å². The number of nitrogens with one attached hydrogen (secondary N) is 1. The van der Waals surface area contributed by atoms with Gasteiger partial charge in [-0.3, -0.25) is 4.90 Å². The van der Waals surface area contributed by atoms with E-state index in [4.69, 9.17) is 0 Å². The standard InChI is InChI=1S/C14H22N2/c1-2-14-12-16(10-6-9-15-14)11-13-7-4-3-5-8-13/h3-5,7-8,14-15H,2,6,9-12H2,1H3. The summed E-state index contributed by atoms with van der Waals surface area (Å²) in [6.45, 7) is 6.94. The van der Waals surface area contributed by atoms with E-state index >= 15 is 0 Å². The molecule has 1 fully saturated rings. The average molecular weight is 218 g/mol. The molecule has 1 aromatic carbocycles. The smallest absolute Gasteiger partial charge is 0.0234 e. The maximum Gasteiger partial charge on any atom is 0.0234 e. The molecule has 0 aromatic heterocycles. The first-order valence-corrected chi connectivity index (χ1v) is 6.38. The van der Waals surface area contributed by atoms with Crippen LogP contribution in [-0.2, 0) is 6.54 Å². The second-order valence-corrected chi connectivity index (χ2v) is 4.63. The second-order valence-electron chi connectivity index (χ2n) is 4.63. The summed E-state index contributed by atoms with van der Waals surface area (Å²) in [4.78, 5) is 2.57. The molecule has 0 amide bonds. The summed E-state index contributed by atoms with van der Waals surface area (Å²) in [6, 6.07) is 11.5. The van der Waals surface area contributed by atoms with Crippen molar-refractivity contribution in [1.29, 1.82) is 0 Å². The Bertz CT molecular complexity index is 297. The zero-order chi connectivity index (χ0) is 11.2. The van der Waals surface area contributed by atoms with Crippen LogP contribution in [0.15, 0.2) is 30.3 Å². The third-order valence-corrected chi connectivity index (χ3v) is 3.30. The van der Waals surface area contributed by atoms with Crippen LogP contribution in [0.1, 0.15) is 25.3 Å². The highest BCUT2D eigenvalue weighted by Gasteiger charge is 2.15. The van der Waals surface area contributed by atoms with Gasteiger partial charge in [-0.1, -0.05) is 37.3 Å². The third kappa shape index (κ3) is 3.32. The van der Waals surface area contributed by atoms with E-state index in [1.54, 1.807) is 0 Å². The van der Waals surface area contributed by atoms with E-state index in [0.29, 0.717) is 6.04 Å². The SMILES string of the molecule is CCC1CN(Cc2ccccc2)CCCN1. The van der Waals surface area contributed by atoms with E-state index in [-0.39, 0.29) is 0 Å². The van der Waals surface area contributed by atoms with Gasteiger partial charge in [0, 0.05) is 19.1 Å². The summed E-state index contributed by atoms with van der Waals surface area (Å²) in [5.41, 5.74) is 1.43. The van der Waals surface area contributed by atoms with Crippen LogP contribution in [0.5, 0.6) is 0 Å². The molecule has 1 aromatic rings. The highest BCUT2D eigenvalue weighted by atomic mass is 15.2. The summed E-state index contributed by atoms with van der Waals surface area (Å²) >= 11 is 0. The highest BCUT2D eigenvalue weighted by Crippen LogP contribution is 2.09. The topological polar surface area (TPSA) is 15.3 Å². The molecule has 1 saturated heterocycles. The Morgan fingerprint density at radius 3 is 2.88 bits per heavy atom. The quantitative estimate of drug-likeness (QED) is 0.837. The third-order valence-electron chi connectivity index (χ3n) is 3.30. The molecule has 0 aliphatic carbocycles. The van der Waals surface area contributed by atoms with Crippen molar-refractivity contribution in [2.75, 3.05) is 19.6 Å². The van der Waals surface area contributed by atoms with Crippen molar-refractivity contribution in [2.24, 2.45) is 0 Å². The van der Waals surface area contributed by atoms with E-state index in [1.165, 1.54) is 38.0 Å². The van der Waals surface area contributed by atoms with Gasteiger partial charge in [-0.15, -0.1) is 0 Å². The molecule has 1 unspecified atom stereocenters. The van der Waals surface area contributed by atoms with Gasteiger partial charge in [-0.25, -0.2) is 0 Å². The summed E-state index contributed by atoms with van der Waals surface area (Å²) < 4.78 is 0. The fourth-order valence-corrected chi connectivity index (χ4v) is 2.34. The van der Waals surface area contributed by atoms with Crippen LogP contribution in [0.3, 0.4) is 0 Å². The fourth-order valence-electron chi connectivity index (χ4n) is 2.34. The van der Waals surface area contributed by atoms with E-state index in [9.17, 15) is 0 Å². The van der Waals surface area contributed by atoms with E-state index in [0.717, 1.165) is 6.54 Å². The van der Waals surface area contributed by atoms with Crippen LogP contribution in [0, 0.1) is 0 Å². The van der Waals surface area contributed by atoms with Gasteiger partial charge in [-0.2, -0.15) is 0 Å². The Labute approximate surface area is 98.7 Å². The second kappa shape index (κ2) is 6.02. The predicted molar refractivity (Wildman–Crippen MR) is 68.4 cm³/mol. The Hall–Kier alpha value is -0.860. The van der Waals surface area contributed by atoms with Crippen molar-refractivity contribution in [2.45, 2.75) is 32.4 Å². The number of benzene rings is 1. The van der Waals surface area contributed by atoms with Gasteiger partial charge < -0.3 is 5.32 Å². The van der Waals surface area contributed by atoms with Crippen LogP contribution in [-0.4, -0.2) is 30.6 Å². The average Bonchev–Trinajstić information content (AvgIpc) is 2.55. The van der Waals surface area contributed by atoms with Gasteiger partial charge in [0.15, 0.2) is 0 Å². The van der Waals surface area contributed by atoms with E-state index < -0.39 is 0 Å². The predicted octanol–water partition coefficient (Wildman–Crippen LogP) is 2.26. The lowest BCUT2D eigenvalue weighted by Crippen LogP contribution is -2.36. The maximum atomic E-state index is 3.61. The summed E-state index contributed by atoms with van der Waals surface area (Å²) in [5, 5.41) is 3.61. The number of hydrogen-bond acceptors (Lipinski definition) is 2. The monoisotopic (exact) mass is 218 g/mol. The lowest BCUT2D eigenvalue weighted by Gasteiger charge is -2.23. The zero-order valence-corrected chi connectivity index (χ0v) is 10.2. The molecule has 88 valence electrons. The van der Waals surface area contributed by atoms with Gasteiger partial charge in [0.1, 0.15) is 0 Å². The molecule has 1 aliphatic rings. The van der Waals surface area contributed by atoms with Gasteiger partial charge in [0.2, 0.25) is 0 Å². The van der Waals surface area contributed by atoms with Crippen LogP contribution in [0.25, 0.3) is 0 Å². The summed E-state index contributed by atoms with van der Waals surface area (Å²) in [6.07, 6.45) is 2.49. The van der Waals surface area contributed by atoms with Crippen molar-refractivity contribution >= 4 is 0 Å². The van der Waals surface area contributed by atoms with E-state index in [1.807, 2.05) is 0 Å². The number of hydrogen-bond donors (Lipinski definition) is 1. The Balaban J connectivity index is 1.93. The van der Waals surface area contributed by atoms with Crippen LogP contribution in [0.2, 0.25) is 0 Å². The fraction of sp³-hybridized carbons (Fsp3) is 0.571. The molecule has 2 nitrogen and oxygen atoms in total. The van der Waals surface area contributed by atoms with Gasteiger partial charge in [0.25, 0.3) is 0 Å². The largest absolute Gasteiger partial charge is 0.313 e. The molecular weight excluding hydrogens is 196 g/mol. The Morgan fingerprint density at radius 2 is 2.12 bits per heavy atom. The first-order chi connectivity index (χ1) is 7.88. The molecule has 1 heterocycles. The molecule has 1 N–H and O–H groups in total. The molecular formula is C14H22N2. The van der Waals surface area contributed by atoms with Crippen molar-refractivity contribution < 1.29 is 0 Å². The minimum absolute atomic E-state index is 0.672. The maximum absolute atomic E-state index is 3.61. The van der Waals surface area contributed by atoms with E-state index in [2.05, 4.69) is 47.5 Å². The minimum atomic E-state index is 0.672. The van der Waals surface area contributed by atoms with Gasteiger partial charge >= 0.3 is 0 Å². The molecule has 16 heavy (non-hydrogen) atoms. The number of rotatable bonds is 3. The van der Waals surface area contributed by atoms with Crippen LogP contribution >= 0.6 is 0 Å². The van der Waals surface area contributed by atoms with Gasteiger partial charge in [0.05, 0.1) is 0 Å². The Kier molecular flexibility index (Phi) is 4.37. The molecule has 0 saturated carbocycles. The summed E-state index contributed by atoms with van der Waals surface area (Å²) in [7, 11) is 0. The molecule has 2 heteroatoms. The molecule has 0 radical (unpaired) electrons. The Morgan fingerprint density at radius 1 is 1.31 bits per heavy atom. The normalized spacial score (nSPS) is 22.9. The molecule has 1 atom stereocenters. The zero-order valence-electron chi connectivity index (χ0n) is 10.2. The first-order valence-electron chi connectivity index (χ1n) is 6.38. The molecule has 0 bridgehead atoms. The van der Waals surface area contributed by atoms with Crippen LogP contribution in [0.4, 0.5) is 0 Å². The molecule has 1 aliphatic heterocycles. The molecule has 2 rings (SSSR count). The van der Waals surface area contributed by atoms with Crippen molar-refractivity contribution in [3.63, 3.8) is 0 Å². The summed E-state index contributed by atoms with van der Waals surface area (Å²) in [5.74, 6) is 0. The molecule has 0 spiro atoms. The number of nitrogens with zero attached hydrogens (tertiary/aromatic N) is 1. The first kappa shape index (κ1) is 11.6. The van der Waals surface area contributed by atoms with Gasteiger partial charge in [-0.05, 0) is 31.5 Å².